The third-order valence-electron chi connectivity index (χ3n) is 4.91. The smallest absolute Gasteiger partial charge is 0.240 e. The molecule has 0 radical (unpaired) electrons. The Labute approximate surface area is 131 Å². The SMILES string of the molecule is CC(=O)Nc1ccc(S(=O)(=O)NC[C@@H]2C[C@H]3CC[C@@H]2C3)cc1. The first-order chi connectivity index (χ1) is 10.4. The molecule has 0 aliphatic heterocycles. The molecule has 120 valence electrons. The van der Waals surface area contributed by atoms with E-state index in [1.54, 1.807) is 12.1 Å². The van der Waals surface area contributed by atoms with Gasteiger partial charge >= 0.3 is 0 Å². The lowest BCUT2D eigenvalue weighted by Crippen LogP contribution is -2.31. The minimum absolute atomic E-state index is 0.176. The van der Waals surface area contributed by atoms with Crippen molar-refractivity contribution in [2.45, 2.75) is 37.5 Å². The van der Waals surface area contributed by atoms with Crippen LogP contribution in [0.1, 0.15) is 32.6 Å². The molecule has 2 aliphatic rings. The van der Waals surface area contributed by atoms with E-state index in [0.29, 0.717) is 24.1 Å². The number of nitrogens with one attached hydrogen (secondary N) is 2. The number of sulfonamides is 1. The van der Waals surface area contributed by atoms with Crippen LogP contribution in [0.4, 0.5) is 5.69 Å². The second-order valence-corrected chi connectivity index (χ2v) is 8.26. The van der Waals surface area contributed by atoms with E-state index in [1.807, 2.05) is 0 Å². The zero-order chi connectivity index (χ0) is 15.7. The molecular formula is C16H22N2O3S. The molecule has 0 saturated heterocycles. The van der Waals surface area contributed by atoms with Crippen molar-refractivity contribution in [2.75, 3.05) is 11.9 Å². The van der Waals surface area contributed by atoms with Crippen molar-refractivity contribution in [1.82, 2.24) is 4.72 Å². The third kappa shape index (κ3) is 3.33. The van der Waals surface area contributed by atoms with Crippen molar-refractivity contribution < 1.29 is 13.2 Å². The summed E-state index contributed by atoms with van der Waals surface area (Å²) < 4.78 is 27.4. The summed E-state index contributed by atoms with van der Waals surface area (Å²) in [6.07, 6.45) is 5.01. The van der Waals surface area contributed by atoms with Gasteiger partial charge in [-0.25, -0.2) is 13.1 Å². The topological polar surface area (TPSA) is 75.3 Å². The molecule has 0 aromatic heterocycles. The number of rotatable bonds is 5. The standard InChI is InChI=1S/C16H22N2O3S/c1-11(19)18-15-4-6-16(7-5-15)22(20,21)17-10-14-9-12-2-3-13(14)8-12/h4-7,12-14,17H,2-3,8-10H2,1H3,(H,18,19)/t12-,13+,14-/m0/s1. The summed E-state index contributed by atoms with van der Waals surface area (Å²) in [7, 11) is -3.47. The second kappa shape index (κ2) is 6.01. The van der Waals surface area contributed by atoms with Gasteiger partial charge < -0.3 is 5.32 Å². The molecule has 0 heterocycles. The van der Waals surface area contributed by atoms with Gasteiger partial charge in [-0.3, -0.25) is 4.79 Å². The molecule has 22 heavy (non-hydrogen) atoms. The van der Waals surface area contributed by atoms with Gasteiger partial charge in [0, 0.05) is 19.2 Å². The minimum Gasteiger partial charge on any atom is -0.326 e. The van der Waals surface area contributed by atoms with E-state index in [2.05, 4.69) is 10.0 Å². The number of anilines is 1. The lowest BCUT2D eigenvalue weighted by atomic mass is 9.89. The maximum absolute atomic E-state index is 12.3. The van der Waals surface area contributed by atoms with Crippen LogP contribution < -0.4 is 10.0 Å². The molecule has 2 fully saturated rings. The highest BCUT2D eigenvalue weighted by atomic mass is 32.2. The molecule has 2 saturated carbocycles. The number of carbonyl (C=O) groups is 1. The molecule has 0 spiro atoms. The van der Waals surface area contributed by atoms with Crippen LogP contribution in [0.5, 0.6) is 0 Å². The van der Waals surface area contributed by atoms with Crippen LogP contribution in [-0.4, -0.2) is 20.9 Å². The van der Waals surface area contributed by atoms with Crippen molar-refractivity contribution in [1.29, 1.82) is 0 Å². The summed E-state index contributed by atoms with van der Waals surface area (Å²) in [6, 6.07) is 6.25. The van der Waals surface area contributed by atoms with E-state index >= 15 is 0 Å². The summed E-state index contributed by atoms with van der Waals surface area (Å²) in [6.45, 7) is 1.96. The number of carbonyl (C=O) groups excluding carboxylic acids is 1. The maximum Gasteiger partial charge on any atom is 0.240 e. The van der Waals surface area contributed by atoms with Crippen LogP contribution in [0.25, 0.3) is 0 Å². The first-order valence-corrected chi connectivity index (χ1v) is 9.29. The Hall–Kier alpha value is -1.40. The number of hydrogen-bond acceptors (Lipinski definition) is 3. The first-order valence-electron chi connectivity index (χ1n) is 7.81. The summed E-state index contributed by atoms with van der Waals surface area (Å²) in [4.78, 5) is 11.2. The zero-order valence-electron chi connectivity index (χ0n) is 12.7. The van der Waals surface area contributed by atoms with Crippen molar-refractivity contribution >= 4 is 21.6 Å². The third-order valence-corrected chi connectivity index (χ3v) is 6.34. The Morgan fingerprint density at radius 3 is 2.45 bits per heavy atom. The number of amides is 1. The van der Waals surface area contributed by atoms with Crippen molar-refractivity contribution in [3.05, 3.63) is 24.3 Å². The van der Waals surface area contributed by atoms with E-state index in [0.717, 1.165) is 12.3 Å². The summed E-state index contributed by atoms with van der Waals surface area (Å²) in [5.74, 6) is 1.84. The monoisotopic (exact) mass is 322 g/mol. The predicted molar refractivity (Wildman–Crippen MR) is 84.9 cm³/mol. The van der Waals surface area contributed by atoms with Gasteiger partial charge in [-0.1, -0.05) is 6.42 Å². The van der Waals surface area contributed by atoms with Gasteiger partial charge in [0.05, 0.1) is 4.90 Å². The Kier molecular flexibility index (Phi) is 4.23. The Morgan fingerprint density at radius 1 is 1.18 bits per heavy atom. The molecule has 0 unspecified atom stereocenters. The first kappa shape index (κ1) is 15.5. The van der Waals surface area contributed by atoms with Crippen LogP contribution in [0.2, 0.25) is 0 Å². The van der Waals surface area contributed by atoms with Crippen LogP contribution in [0.3, 0.4) is 0 Å². The number of benzene rings is 1. The molecular weight excluding hydrogens is 300 g/mol. The molecule has 1 aromatic rings. The molecule has 2 N–H and O–H groups in total. The van der Waals surface area contributed by atoms with Crippen molar-refractivity contribution in [3.8, 4) is 0 Å². The second-order valence-electron chi connectivity index (χ2n) is 6.49. The summed E-state index contributed by atoms with van der Waals surface area (Å²) in [5.41, 5.74) is 0.597. The summed E-state index contributed by atoms with van der Waals surface area (Å²) in [5, 5.41) is 2.62. The maximum atomic E-state index is 12.3. The normalized spacial score (nSPS) is 27.0. The molecule has 3 atom stereocenters. The van der Waals surface area contributed by atoms with E-state index in [9.17, 15) is 13.2 Å². The van der Waals surface area contributed by atoms with Gasteiger partial charge in [-0.05, 0) is 61.3 Å². The van der Waals surface area contributed by atoms with Crippen LogP contribution in [0.15, 0.2) is 29.2 Å². The molecule has 6 heteroatoms. The van der Waals surface area contributed by atoms with E-state index in [4.69, 9.17) is 0 Å². The van der Waals surface area contributed by atoms with E-state index < -0.39 is 10.0 Å². The largest absolute Gasteiger partial charge is 0.326 e. The highest BCUT2D eigenvalue weighted by Crippen LogP contribution is 2.48. The van der Waals surface area contributed by atoms with Crippen molar-refractivity contribution in [3.63, 3.8) is 0 Å². The van der Waals surface area contributed by atoms with Crippen LogP contribution >= 0.6 is 0 Å². The molecule has 2 bridgehead atoms. The van der Waals surface area contributed by atoms with Gasteiger partial charge in [-0.2, -0.15) is 0 Å². The average molecular weight is 322 g/mol. The lowest BCUT2D eigenvalue weighted by molar-refractivity contribution is -0.114. The predicted octanol–water partition coefficient (Wildman–Crippen LogP) is 2.36. The fourth-order valence-corrected chi connectivity index (χ4v) is 4.94. The average Bonchev–Trinajstić information content (AvgIpc) is 3.08. The fraction of sp³-hybridized carbons (Fsp3) is 0.562. The fourth-order valence-electron chi connectivity index (χ4n) is 3.85. The summed E-state index contributed by atoms with van der Waals surface area (Å²) >= 11 is 0. The molecule has 1 aromatic carbocycles. The lowest BCUT2D eigenvalue weighted by Gasteiger charge is -2.21. The molecule has 1 amide bonds. The van der Waals surface area contributed by atoms with Gasteiger partial charge in [0.2, 0.25) is 15.9 Å². The highest BCUT2D eigenvalue weighted by Gasteiger charge is 2.39. The number of hydrogen-bond donors (Lipinski definition) is 2. The van der Waals surface area contributed by atoms with Crippen LogP contribution in [-0.2, 0) is 14.8 Å². The van der Waals surface area contributed by atoms with E-state index in [1.165, 1.54) is 38.3 Å². The van der Waals surface area contributed by atoms with Gasteiger partial charge in [-0.15, -0.1) is 0 Å². The van der Waals surface area contributed by atoms with Gasteiger partial charge in [0.15, 0.2) is 0 Å². The Bertz CT molecular complexity index is 654. The zero-order valence-corrected chi connectivity index (χ0v) is 13.5. The highest BCUT2D eigenvalue weighted by molar-refractivity contribution is 7.89. The van der Waals surface area contributed by atoms with E-state index in [-0.39, 0.29) is 10.8 Å². The number of fused-ring (bicyclic) bond motifs is 2. The minimum atomic E-state index is -3.47. The molecule has 5 nitrogen and oxygen atoms in total. The van der Waals surface area contributed by atoms with Crippen molar-refractivity contribution in [2.24, 2.45) is 17.8 Å². The molecule has 3 rings (SSSR count). The van der Waals surface area contributed by atoms with Gasteiger partial charge in [0.25, 0.3) is 0 Å². The Morgan fingerprint density at radius 2 is 1.91 bits per heavy atom. The molecule has 2 aliphatic carbocycles. The quantitative estimate of drug-likeness (QED) is 0.874. The Balaban J connectivity index is 1.61. The van der Waals surface area contributed by atoms with Crippen LogP contribution in [0, 0.1) is 17.8 Å². The van der Waals surface area contributed by atoms with Gasteiger partial charge in [0.1, 0.15) is 0 Å².